The Balaban J connectivity index is 1.41. The van der Waals surface area contributed by atoms with Crippen molar-refractivity contribution in [3.63, 3.8) is 0 Å². The molecule has 0 saturated heterocycles. The van der Waals surface area contributed by atoms with Crippen LogP contribution in [-0.4, -0.2) is 19.6 Å². The van der Waals surface area contributed by atoms with Crippen LogP contribution in [0.25, 0.3) is 21.8 Å². The third kappa shape index (κ3) is 2.63. The van der Waals surface area contributed by atoms with Gasteiger partial charge in [0.2, 0.25) is 6.33 Å². The normalized spacial score (nSPS) is 11.4. The predicted molar refractivity (Wildman–Crippen MR) is 101 cm³/mol. The van der Waals surface area contributed by atoms with E-state index in [0.29, 0.717) is 6.67 Å². The molecular weight excluding hydrogens is 322 g/mol. The van der Waals surface area contributed by atoms with Gasteiger partial charge in [0.25, 0.3) is 0 Å². The minimum atomic E-state index is 0.642. The topological polar surface area (TPSA) is 39.5 Å². The number of para-hydroxylation sites is 1. The van der Waals surface area contributed by atoms with Crippen LogP contribution in [0.15, 0.2) is 85.5 Å². The Bertz CT molecular complexity index is 1200. The summed E-state index contributed by atoms with van der Waals surface area (Å²) in [6.07, 6.45) is 6.28. The zero-order chi connectivity index (χ0) is 17.3. The maximum atomic E-state index is 4.26. The van der Waals surface area contributed by atoms with Crippen LogP contribution in [0.3, 0.4) is 0 Å². The van der Waals surface area contributed by atoms with Gasteiger partial charge in [-0.3, -0.25) is 0 Å². The molecule has 5 nitrogen and oxygen atoms in total. The summed E-state index contributed by atoms with van der Waals surface area (Å²) in [6, 6.07) is 23.0. The fourth-order valence-electron chi connectivity index (χ4n) is 3.42. The maximum Gasteiger partial charge on any atom is 0.245 e. The van der Waals surface area contributed by atoms with E-state index in [-0.39, 0.29) is 0 Å². The van der Waals surface area contributed by atoms with Crippen molar-refractivity contribution in [2.45, 2.75) is 13.2 Å². The highest BCUT2D eigenvalue weighted by molar-refractivity contribution is 5.85. The fourth-order valence-corrected chi connectivity index (χ4v) is 3.42. The molecule has 3 aromatic carbocycles. The van der Waals surface area contributed by atoms with Gasteiger partial charge >= 0.3 is 0 Å². The first kappa shape index (κ1) is 14.8. The lowest BCUT2D eigenvalue weighted by atomic mass is 10.0. The van der Waals surface area contributed by atoms with Gasteiger partial charge in [-0.05, 0) is 22.9 Å². The summed E-state index contributed by atoms with van der Waals surface area (Å²) in [5.41, 5.74) is 3.28. The minimum absolute atomic E-state index is 0.642. The van der Waals surface area contributed by atoms with Gasteiger partial charge < -0.3 is 0 Å². The molecule has 5 rings (SSSR count). The van der Waals surface area contributed by atoms with Crippen molar-refractivity contribution in [2.24, 2.45) is 0 Å². The van der Waals surface area contributed by atoms with Crippen LogP contribution in [0.1, 0.15) is 5.56 Å². The van der Waals surface area contributed by atoms with Gasteiger partial charge in [0.15, 0.2) is 6.67 Å². The Kier molecular flexibility index (Phi) is 3.49. The van der Waals surface area contributed by atoms with Gasteiger partial charge in [0, 0.05) is 5.56 Å². The molecule has 0 aliphatic rings. The monoisotopic (exact) mass is 340 g/mol. The molecule has 0 atom stereocenters. The smallest absolute Gasteiger partial charge is 0.233 e. The molecular formula is C21H18N5+. The predicted octanol–water partition coefficient (Wildman–Crippen LogP) is 3.23. The Hall–Kier alpha value is -3.47. The summed E-state index contributed by atoms with van der Waals surface area (Å²) < 4.78 is 6.23. The number of nitrogens with zero attached hydrogens (tertiary/aromatic N) is 5. The fraction of sp³-hybridized carbons (Fsp3) is 0.0952. The molecule has 0 aliphatic carbocycles. The average molecular weight is 340 g/mol. The van der Waals surface area contributed by atoms with E-state index in [2.05, 4.69) is 80.6 Å². The van der Waals surface area contributed by atoms with E-state index in [4.69, 9.17) is 0 Å². The van der Waals surface area contributed by atoms with Gasteiger partial charge in [-0.15, -0.1) is 5.10 Å². The van der Waals surface area contributed by atoms with Crippen LogP contribution in [-0.2, 0) is 13.2 Å². The highest BCUT2D eigenvalue weighted by Crippen LogP contribution is 2.19. The van der Waals surface area contributed by atoms with Crippen molar-refractivity contribution < 1.29 is 4.57 Å². The second-order valence-electron chi connectivity index (χ2n) is 6.46. The molecule has 5 aromatic rings. The van der Waals surface area contributed by atoms with Gasteiger partial charge in [0.1, 0.15) is 24.5 Å². The van der Waals surface area contributed by atoms with E-state index in [1.54, 1.807) is 0 Å². The summed E-state index contributed by atoms with van der Waals surface area (Å²) in [4.78, 5) is 0. The first-order valence-corrected chi connectivity index (χ1v) is 8.66. The summed E-state index contributed by atoms with van der Waals surface area (Å²) in [5.74, 6) is 0. The quantitative estimate of drug-likeness (QED) is 0.471. The van der Waals surface area contributed by atoms with Crippen molar-refractivity contribution in [1.82, 2.24) is 19.6 Å². The minimum Gasteiger partial charge on any atom is -0.233 e. The van der Waals surface area contributed by atoms with Crippen molar-refractivity contribution in [1.29, 1.82) is 0 Å². The zero-order valence-electron chi connectivity index (χ0n) is 14.2. The molecule has 0 saturated carbocycles. The Morgan fingerprint density at radius 1 is 0.885 bits per heavy atom. The number of imidazole rings is 1. The van der Waals surface area contributed by atoms with Gasteiger partial charge in [-0.1, -0.05) is 59.8 Å². The third-order valence-electron chi connectivity index (χ3n) is 4.70. The summed E-state index contributed by atoms with van der Waals surface area (Å²) in [5, 5.41) is 11.1. The number of aromatic nitrogens is 5. The van der Waals surface area contributed by atoms with Gasteiger partial charge in [-0.25, -0.2) is 13.8 Å². The molecule has 0 fully saturated rings. The maximum absolute atomic E-state index is 4.26. The van der Waals surface area contributed by atoms with Crippen LogP contribution in [0, 0.1) is 0 Å². The van der Waals surface area contributed by atoms with Crippen molar-refractivity contribution in [2.75, 3.05) is 0 Å². The van der Waals surface area contributed by atoms with E-state index in [9.17, 15) is 0 Å². The highest BCUT2D eigenvalue weighted by atomic mass is 15.5. The lowest BCUT2D eigenvalue weighted by Crippen LogP contribution is -2.35. The van der Waals surface area contributed by atoms with Crippen LogP contribution in [0.2, 0.25) is 0 Å². The zero-order valence-corrected chi connectivity index (χ0v) is 14.2. The van der Waals surface area contributed by atoms with E-state index in [1.165, 1.54) is 16.3 Å². The lowest BCUT2D eigenvalue weighted by molar-refractivity contribution is -0.701. The molecule has 0 bridgehead atoms. The molecule has 26 heavy (non-hydrogen) atoms. The summed E-state index contributed by atoms with van der Waals surface area (Å²) in [6.45, 7) is 1.48. The summed E-state index contributed by atoms with van der Waals surface area (Å²) in [7, 11) is 0. The van der Waals surface area contributed by atoms with Crippen LogP contribution >= 0.6 is 0 Å². The highest BCUT2D eigenvalue weighted by Gasteiger charge is 2.10. The summed E-state index contributed by atoms with van der Waals surface area (Å²) >= 11 is 0. The molecule has 0 amide bonds. The average Bonchev–Trinajstić information content (AvgIpc) is 3.30. The van der Waals surface area contributed by atoms with Crippen molar-refractivity contribution in [3.8, 4) is 0 Å². The van der Waals surface area contributed by atoms with Crippen molar-refractivity contribution in [3.05, 3.63) is 91.0 Å². The molecule has 2 aromatic heterocycles. The number of rotatable bonds is 4. The molecule has 0 aliphatic heterocycles. The van der Waals surface area contributed by atoms with Crippen molar-refractivity contribution >= 4 is 21.8 Å². The van der Waals surface area contributed by atoms with E-state index < -0.39 is 0 Å². The van der Waals surface area contributed by atoms with Gasteiger partial charge in [0.05, 0.1) is 5.52 Å². The number of hydrogen-bond acceptors (Lipinski definition) is 2. The van der Waals surface area contributed by atoms with Gasteiger partial charge in [-0.2, -0.15) is 0 Å². The van der Waals surface area contributed by atoms with E-state index in [1.807, 2.05) is 28.9 Å². The largest absolute Gasteiger partial charge is 0.245 e. The Morgan fingerprint density at radius 3 is 2.73 bits per heavy atom. The van der Waals surface area contributed by atoms with Crippen LogP contribution in [0.4, 0.5) is 0 Å². The second kappa shape index (κ2) is 6.11. The number of benzene rings is 3. The molecule has 0 N–H and O–H groups in total. The van der Waals surface area contributed by atoms with Crippen LogP contribution in [0.5, 0.6) is 0 Å². The Morgan fingerprint density at radius 2 is 1.73 bits per heavy atom. The SMILES string of the molecule is c1ccc2c(Cn3cc[n+](Cn4nnc5ccccc54)c3)cccc2c1. The number of hydrogen-bond donors (Lipinski definition) is 0. The van der Waals surface area contributed by atoms with E-state index >= 15 is 0 Å². The molecule has 5 heteroatoms. The second-order valence-corrected chi connectivity index (χ2v) is 6.46. The lowest BCUT2D eigenvalue weighted by Gasteiger charge is -2.04. The molecule has 126 valence electrons. The standard InChI is InChI=1S/C21H18N5/c1-2-9-19-17(6-1)7-5-8-18(19)14-24-12-13-25(15-24)16-26-21-11-4-3-10-20(21)22-23-26/h1-13,15H,14,16H2/q+1. The molecule has 0 spiro atoms. The third-order valence-corrected chi connectivity index (χ3v) is 4.70. The first-order chi connectivity index (χ1) is 12.9. The number of fused-ring (bicyclic) bond motifs is 2. The Labute approximate surface area is 150 Å². The van der Waals surface area contributed by atoms with E-state index in [0.717, 1.165) is 17.6 Å². The molecule has 2 heterocycles. The molecule has 0 radical (unpaired) electrons. The molecule has 0 unspecified atom stereocenters. The first-order valence-electron chi connectivity index (χ1n) is 8.66. The van der Waals surface area contributed by atoms with Crippen LogP contribution < -0.4 is 4.57 Å².